The average molecular weight is 375 g/mol. The summed E-state index contributed by atoms with van der Waals surface area (Å²) in [5.74, 6) is -3.70. The monoisotopic (exact) mass is 375 g/mol. The molecule has 0 aliphatic heterocycles. The number of carbonyl (C=O) groups excluding carboxylic acids is 3. The molecule has 0 aliphatic carbocycles. The van der Waals surface area contributed by atoms with Gasteiger partial charge in [0.2, 0.25) is 0 Å². The fraction of sp³-hybridized carbons (Fsp3) is 0.0625. The van der Waals surface area contributed by atoms with Gasteiger partial charge >= 0.3 is 26.8 Å². The van der Waals surface area contributed by atoms with E-state index in [1.807, 2.05) is 0 Å². The van der Waals surface area contributed by atoms with Gasteiger partial charge in [0, 0.05) is 29.8 Å². The van der Waals surface area contributed by atoms with Crippen LogP contribution in [-0.2, 0) is 4.79 Å². The van der Waals surface area contributed by atoms with E-state index in [9.17, 15) is 24.6 Å². The number of para-hydroxylation sites is 1. The summed E-state index contributed by atoms with van der Waals surface area (Å²) in [6, 6.07) is 9.54. The summed E-state index contributed by atoms with van der Waals surface area (Å²) in [7, 11) is 0. The van der Waals surface area contributed by atoms with Crippen LogP contribution < -0.4 is 20.7 Å². The van der Waals surface area contributed by atoms with Gasteiger partial charge in [-0.15, -0.1) is 0 Å². The summed E-state index contributed by atoms with van der Waals surface area (Å²) < 4.78 is 11.6. The molecule has 2 rings (SSSR count). The number of phenols is 1. The fourth-order valence-electron chi connectivity index (χ4n) is 1.60. The Morgan fingerprint density at radius 2 is 1.54 bits per heavy atom. The van der Waals surface area contributed by atoms with Crippen molar-refractivity contribution in [3.8, 4) is 11.5 Å². The quantitative estimate of drug-likeness (QED) is 0.246. The van der Waals surface area contributed by atoms with Gasteiger partial charge in [-0.1, -0.05) is 12.1 Å². The van der Waals surface area contributed by atoms with E-state index in [0.29, 0.717) is 5.69 Å². The zero-order chi connectivity index (χ0) is 20.3. The van der Waals surface area contributed by atoms with Crippen molar-refractivity contribution in [1.82, 2.24) is 0 Å². The second-order valence-electron chi connectivity index (χ2n) is 4.44. The topological polar surface area (TPSA) is 173 Å². The SMILES string of the molecule is CC(=O)Oc1ccccc1C(=O)[O-].Nc1ccc(C(=O)[O-])c(O)c1.[OH][Al+2]. The van der Waals surface area contributed by atoms with Crippen LogP contribution in [0.3, 0.4) is 0 Å². The van der Waals surface area contributed by atoms with Crippen molar-refractivity contribution < 1.29 is 38.6 Å². The first-order valence-corrected chi connectivity index (χ1v) is 7.28. The van der Waals surface area contributed by atoms with Crippen LogP contribution in [0.5, 0.6) is 11.5 Å². The molecule has 0 radical (unpaired) electrons. The fourth-order valence-corrected chi connectivity index (χ4v) is 1.60. The molecule has 134 valence electrons. The van der Waals surface area contributed by atoms with Crippen LogP contribution in [0.25, 0.3) is 0 Å². The number of carboxylic acids is 2. The van der Waals surface area contributed by atoms with E-state index in [-0.39, 0.29) is 22.6 Å². The minimum atomic E-state index is -1.41. The van der Waals surface area contributed by atoms with Gasteiger partial charge in [0.25, 0.3) is 0 Å². The van der Waals surface area contributed by atoms with Crippen molar-refractivity contribution in [2.45, 2.75) is 6.92 Å². The molecular formula is C16H14AlNO8. The molecule has 0 amide bonds. The Morgan fingerprint density at radius 1 is 1.00 bits per heavy atom. The van der Waals surface area contributed by atoms with E-state index in [0.717, 1.165) is 6.07 Å². The molecule has 0 saturated carbocycles. The van der Waals surface area contributed by atoms with Crippen molar-refractivity contribution in [1.29, 1.82) is 0 Å². The Morgan fingerprint density at radius 3 is 2.00 bits per heavy atom. The number of hydrogen-bond donors (Lipinski definition) is 3. The van der Waals surface area contributed by atoms with Gasteiger partial charge < -0.3 is 35.4 Å². The average Bonchev–Trinajstić information content (AvgIpc) is 2.56. The van der Waals surface area contributed by atoms with Crippen molar-refractivity contribution in [2.75, 3.05) is 5.73 Å². The standard InChI is InChI=1S/C9H8O4.C7H7NO3.Al.H2O/c1-6(10)13-8-5-3-2-4-7(8)9(11)12;8-4-1-2-5(7(10)11)6(9)3-4;;/h2-5H,1H3,(H,11,12);1-3,9H,8H2,(H,10,11);;1H2/q;;+3;/p-3. The number of esters is 1. The summed E-state index contributed by atoms with van der Waals surface area (Å²) in [6.07, 6.45) is 0. The first kappa shape index (κ1) is 22.9. The van der Waals surface area contributed by atoms with Gasteiger partial charge in [-0.25, -0.2) is 0 Å². The van der Waals surface area contributed by atoms with E-state index in [1.165, 1.54) is 53.9 Å². The molecule has 0 aliphatic rings. The van der Waals surface area contributed by atoms with Gasteiger partial charge in [0.15, 0.2) is 0 Å². The Balaban J connectivity index is 0.000000444. The molecule has 0 heterocycles. The van der Waals surface area contributed by atoms with Crippen LogP contribution in [0.15, 0.2) is 42.5 Å². The van der Waals surface area contributed by atoms with Gasteiger partial charge in [-0.2, -0.15) is 0 Å². The predicted octanol–water partition coefficient (Wildman–Crippen LogP) is -1.62. The van der Waals surface area contributed by atoms with E-state index < -0.39 is 17.9 Å². The van der Waals surface area contributed by atoms with E-state index in [2.05, 4.69) is 4.74 Å². The van der Waals surface area contributed by atoms with Crippen LogP contribution >= 0.6 is 0 Å². The Bertz CT molecular complexity index is 779. The predicted molar refractivity (Wildman–Crippen MR) is 86.9 cm³/mol. The number of aromatic carboxylic acids is 2. The Kier molecular flexibility index (Phi) is 10.1. The number of anilines is 1. The molecule has 0 spiro atoms. The second kappa shape index (κ2) is 11.5. The molecule has 0 fully saturated rings. The van der Waals surface area contributed by atoms with Crippen LogP contribution in [-0.4, -0.2) is 43.8 Å². The maximum absolute atomic E-state index is 10.6. The summed E-state index contributed by atoms with van der Waals surface area (Å²) in [6.45, 7) is 1.20. The van der Waals surface area contributed by atoms with Crippen molar-refractivity contribution >= 4 is 40.2 Å². The van der Waals surface area contributed by atoms with Crippen LogP contribution in [0.1, 0.15) is 27.6 Å². The van der Waals surface area contributed by atoms with E-state index >= 15 is 0 Å². The van der Waals surface area contributed by atoms with Gasteiger partial charge in [-0.05, 0) is 24.3 Å². The Hall–Kier alpha value is -3.06. The molecule has 10 heteroatoms. The number of rotatable bonds is 3. The zero-order valence-electron chi connectivity index (χ0n) is 13.5. The van der Waals surface area contributed by atoms with Crippen molar-refractivity contribution in [3.63, 3.8) is 0 Å². The number of aromatic hydroxyl groups is 1. The Labute approximate surface area is 157 Å². The minimum absolute atomic E-state index is 0.00926. The first-order valence-electron chi connectivity index (χ1n) is 6.76. The van der Waals surface area contributed by atoms with Crippen LogP contribution in [0.2, 0.25) is 0 Å². The molecule has 0 atom stereocenters. The molecule has 0 aromatic heterocycles. The van der Waals surface area contributed by atoms with Gasteiger partial charge in [-0.3, -0.25) is 4.79 Å². The van der Waals surface area contributed by atoms with Crippen molar-refractivity contribution in [2.24, 2.45) is 0 Å². The molecule has 4 N–H and O–H groups in total. The molecule has 26 heavy (non-hydrogen) atoms. The number of ether oxygens (including phenoxy) is 1. The van der Waals surface area contributed by atoms with Crippen LogP contribution in [0.4, 0.5) is 5.69 Å². The normalized spacial score (nSPS) is 8.92. The van der Waals surface area contributed by atoms with Crippen molar-refractivity contribution in [3.05, 3.63) is 53.6 Å². The number of carboxylic acid groups (broad SMARTS) is 2. The summed E-state index contributed by atoms with van der Waals surface area (Å²) in [4.78, 5) is 31.3. The number of carbonyl (C=O) groups is 3. The number of hydrogen-bond acceptors (Lipinski definition) is 9. The molecule has 0 bridgehead atoms. The van der Waals surface area contributed by atoms with Gasteiger partial charge in [0.1, 0.15) is 11.5 Å². The summed E-state index contributed by atoms with van der Waals surface area (Å²) in [5.41, 5.74) is 5.19. The zero-order valence-corrected chi connectivity index (χ0v) is 14.7. The third-order valence-electron chi connectivity index (χ3n) is 2.60. The molecular weight excluding hydrogens is 361 g/mol. The summed E-state index contributed by atoms with van der Waals surface area (Å²) >= 11 is 1.42. The second-order valence-corrected chi connectivity index (χ2v) is 4.44. The molecule has 9 nitrogen and oxygen atoms in total. The summed E-state index contributed by atoms with van der Waals surface area (Å²) in [5, 5.41) is 29.7. The van der Waals surface area contributed by atoms with Gasteiger partial charge in [0.05, 0.1) is 11.9 Å². The third kappa shape index (κ3) is 7.67. The number of nitrogens with two attached hydrogens (primary N) is 1. The molecule has 0 unspecified atom stereocenters. The third-order valence-corrected chi connectivity index (χ3v) is 2.60. The van der Waals surface area contributed by atoms with Crippen LogP contribution in [0, 0.1) is 0 Å². The van der Waals surface area contributed by atoms with E-state index in [1.54, 1.807) is 6.07 Å². The molecule has 0 saturated heterocycles. The number of nitrogen functional groups attached to an aromatic ring is 1. The molecule has 2 aromatic carbocycles. The molecule has 2 aromatic rings. The maximum atomic E-state index is 10.6. The number of benzene rings is 2. The van der Waals surface area contributed by atoms with E-state index in [4.69, 9.17) is 15.0 Å². The first-order chi connectivity index (χ1) is 12.2.